The molecule has 7 nitrogen and oxygen atoms in total. The molecule has 1 aromatic heterocycles. The fourth-order valence-electron chi connectivity index (χ4n) is 2.66. The number of aromatic hydroxyl groups is 1. The van der Waals surface area contributed by atoms with Crippen LogP contribution in [0.3, 0.4) is 0 Å². The average Bonchev–Trinajstić information content (AvgIpc) is 2.63. The quantitative estimate of drug-likeness (QED) is 0.551. The lowest BCUT2D eigenvalue weighted by atomic mass is 10.1. The van der Waals surface area contributed by atoms with Crippen LogP contribution in [0.4, 0.5) is 5.69 Å². The molecule has 0 spiro atoms. The smallest absolute Gasteiger partial charge is 0.336 e. The van der Waals surface area contributed by atoms with Crippen LogP contribution in [0.1, 0.15) is 15.9 Å². The van der Waals surface area contributed by atoms with Crippen molar-refractivity contribution in [3.63, 3.8) is 0 Å². The molecule has 2 N–H and O–H groups in total. The Labute approximate surface area is 148 Å². The maximum Gasteiger partial charge on any atom is 0.336 e. The molecule has 0 atom stereocenters. The Morgan fingerprint density at radius 3 is 2.50 bits per heavy atom. The lowest BCUT2D eigenvalue weighted by Crippen LogP contribution is -2.13. The molecule has 134 valence electrons. The second kappa shape index (κ2) is 6.79. The number of fused-ring (bicyclic) bond motifs is 1. The molecule has 0 unspecified atom stereocenters. The van der Waals surface area contributed by atoms with Gasteiger partial charge in [0.2, 0.25) is 0 Å². The Bertz CT molecular complexity index is 1050. The van der Waals surface area contributed by atoms with Crippen molar-refractivity contribution in [1.82, 2.24) is 0 Å². The highest BCUT2D eigenvalue weighted by molar-refractivity contribution is 6.09. The topological polar surface area (TPSA) is 98.0 Å². The van der Waals surface area contributed by atoms with Crippen LogP contribution in [0, 0.1) is 6.92 Å². The molecule has 0 saturated heterocycles. The highest BCUT2D eigenvalue weighted by Gasteiger charge is 2.17. The van der Waals surface area contributed by atoms with Gasteiger partial charge in [0.05, 0.1) is 14.2 Å². The number of hydrogen-bond donors (Lipinski definition) is 2. The van der Waals surface area contributed by atoms with Crippen molar-refractivity contribution >= 4 is 22.6 Å². The van der Waals surface area contributed by atoms with Gasteiger partial charge in [0, 0.05) is 17.0 Å². The van der Waals surface area contributed by atoms with Crippen molar-refractivity contribution in [2.24, 2.45) is 0 Å². The predicted octanol–water partition coefficient (Wildman–Crippen LogP) is 3.08. The van der Waals surface area contributed by atoms with E-state index in [0.29, 0.717) is 22.4 Å². The van der Waals surface area contributed by atoms with E-state index in [4.69, 9.17) is 13.9 Å². The summed E-state index contributed by atoms with van der Waals surface area (Å²) < 4.78 is 15.5. The first-order valence-electron chi connectivity index (χ1n) is 7.74. The first-order chi connectivity index (χ1) is 12.4. The van der Waals surface area contributed by atoms with Crippen LogP contribution >= 0.6 is 0 Å². The number of phenols is 1. The summed E-state index contributed by atoms with van der Waals surface area (Å²) in [6, 6.07) is 9.06. The van der Waals surface area contributed by atoms with Gasteiger partial charge in [-0.05, 0) is 42.8 Å². The third-order valence-corrected chi connectivity index (χ3v) is 3.98. The number of methoxy groups -OCH3 is 2. The van der Waals surface area contributed by atoms with Gasteiger partial charge in [-0.15, -0.1) is 0 Å². The SMILES string of the molecule is COc1ccc(C(=O)Nc2c(O)ccc3c(C)cc(=O)oc23)cc1OC. The molecule has 1 heterocycles. The molecule has 3 rings (SSSR count). The summed E-state index contributed by atoms with van der Waals surface area (Å²) in [6.07, 6.45) is 0. The van der Waals surface area contributed by atoms with Crippen LogP contribution in [-0.2, 0) is 0 Å². The molecule has 0 aliphatic heterocycles. The highest BCUT2D eigenvalue weighted by atomic mass is 16.5. The summed E-state index contributed by atoms with van der Waals surface area (Å²) in [5.41, 5.74) is 0.543. The zero-order valence-electron chi connectivity index (χ0n) is 14.5. The van der Waals surface area contributed by atoms with E-state index in [0.717, 1.165) is 0 Å². The fraction of sp³-hybridized carbons (Fsp3) is 0.158. The third kappa shape index (κ3) is 3.06. The molecule has 0 radical (unpaired) electrons. The largest absolute Gasteiger partial charge is 0.506 e. The van der Waals surface area contributed by atoms with E-state index in [1.807, 2.05) is 0 Å². The number of nitrogens with one attached hydrogen (secondary N) is 1. The Balaban J connectivity index is 2.05. The van der Waals surface area contributed by atoms with Crippen LogP contribution in [0.2, 0.25) is 0 Å². The van der Waals surface area contributed by atoms with Gasteiger partial charge in [0.25, 0.3) is 5.91 Å². The number of carbonyl (C=O) groups is 1. The minimum absolute atomic E-state index is 0.0306. The Kier molecular flexibility index (Phi) is 4.53. The van der Waals surface area contributed by atoms with Gasteiger partial charge >= 0.3 is 5.63 Å². The number of ether oxygens (including phenoxy) is 2. The molecular weight excluding hydrogens is 338 g/mol. The van der Waals surface area contributed by atoms with Gasteiger partial charge in [-0.1, -0.05) is 0 Å². The van der Waals surface area contributed by atoms with E-state index in [-0.39, 0.29) is 22.6 Å². The van der Waals surface area contributed by atoms with E-state index < -0.39 is 11.5 Å². The second-order valence-electron chi connectivity index (χ2n) is 5.61. The number of anilines is 1. The number of phenolic OH excluding ortho intramolecular Hbond substituents is 1. The molecule has 2 aromatic carbocycles. The number of aryl methyl sites for hydroxylation is 1. The van der Waals surface area contributed by atoms with E-state index in [9.17, 15) is 14.7 Å². The van der Waals surface area contributed by atoms with Crippen molar-refractivity contribution in [3.05, 3.63) is 57.9 Å². The Morgan fingerprint density at radius 1 is 1.08 bits per heavy atom. The van der Waals surface area contributed by atoms with Gasteiger partial charge in [0.1, 0.15) is 11.4 Å². The van der Waals surface area contributed by atoms with Crippen LogP contribution in [0.15, 0.2) is 45.6 Å². The van der Waals surface area contributed by atoms with Crippen LogP contribution in [0.25, 0.3) is 11.0 Å². The van der Waals surface area contributed by atoms with Crippen LogP contribution in [0.5, 0.6) is 17.2 Å². The number of rotatable bonds is 4. The van der Waals surface area contributed by atoms with Gasteiger partial charge in [-0.3, -0.25) is 4.79 Å². The normalized spacial score (nSPS) is 10.6. The van der Waals surface area contributed by atoms with Crippen molar-refractivity contribution in [2.75, 3.05) is 19.5 Å². The van der Waals surface area contributed by atoms with E-state index >= 15 is 0 Å². The summed E-state index contributed by atoms with van der Waals surface area (Å²) in [5, 5.41) is 13.4. The van der Waals surface area contributed by atoms with Crippen molar-refractivity contribution in [3.8, 4) is 17.2 Å². The van der Waals surface area contributed by atoms with Crippen molar-refractivity contribution in [1.29, 1.82) is 0 Å². The molecule has 0 fully saturated rings. The fourth-order valence-corrected chi connectivity index (χ4v) is 2.66. The molecule has 0 aliphatic carbocycles. The first kappa shape index (κ1) is 17.3. The van der Waals surface area contributed by atoms with Gasteiger partial charge in [0.15, 0.2) is 17.1 Å². The summed E-state index contributed by atoms with van der Waals surface area (Å²) in [6.45, 7) is 1.75. The molecular formula is C19H17NO6. The monoisotopic (exact) mass is 355 g/mol. The van der Waals surface area contributed by atoms with Crippen LogP contribution < -0.4 is 20.4 Å². The number of hydrogen-bond acceptors (Lipinski definition) is 6. The van der Waals surface area contributed by atoms with E-state index in [2.05, 4.69) is 5.32 Å². The Morgan fingerprint density at radius 2 is 1.81 bits per heavy atom. The minimum Gasteiger partial charge on any atom is -0.506 e. The molecule has 0 aliphatic rings. The Hall–Kier alpha value is -3.48. The van der Waals surface area contributed by atoms with Crippen LogP contribution in [-0.4, -0.2) is 25.2 Å². The summed E-state index contributed by atoms with van der Waals surface area (Å²) in [7, 11) is 2.96. The molecule has 26 heavy (non-hydrogen) atoms. The highest BCUT2D eigenvalue weighted by Crippen LogP contribution is 2.34. The molecule has 1 amide bonds. The van der Waals surface area contributed by atoms with E-state index in [1.54, 1.807) is 25.1 Å². The van der Waals surface area contributed by atoms with Crippen molar-refractivity contribution in [2.45, 2.75) is 6.92 Å². The summed E-state index contributed by atoms with van der Waals surface area (Å²) in [4.78, 5) is 24.3. The zero-order chi connectivity index (χ0) is 18.8. The number of benzene rings is 2. The molecule has 0 saturated carbocycles. The van der Waals surface area contributed by atoms with E-state index in [1.165, 1.54) is 32.4 Å². The van der Waals surface area contributed by atoms with Gasteiger partial charge in [-0.25, -0.2) is 4.79 Å². The van der Waals surface area contributed by atoms with Gasteiger partial charge in [-0.2, -0.15) is 0 Å². The third-order valence-electron chi connectivity index (χ3n) is 3.98. The van der Waals surface area contributed by atoms with Gasteiger partial charge < -0.3 is 24.3 Å². The maximum absolute atomic E-state index is 12.6. The molecule has 7 heteroatoms. The standard InChI is InChI=1S/C19H17NO6/c1-10-8-16(22)26-18-12(10)5-6-13(21)17(18)20-19(23)11-4-7-14(24-2)15(9-11)25-3/h4-9,21H,1-3H3,(H,20,23). The second-order valence-corrected chi connectivity index (χ2v) is 5.61. The lowest BCUT2D eigenvalue weighted by molar-refractivity contribution is 0.102. The first-order valence-corrected chi connectivity index (χ1v) is 7.74. The molecule has 3 aromatic rings. The lowest BCUT2D eigenvalue weighted by Gasteiger charge is -2.12. The molecule has 0 bridgehead atoms. The number of amides is 1. The predicted molar refractivity (Wildman–Crippen MR) is 96.4 cm³/mol. The summed E-state index contributed by atoms with van der Waals surface area (Å²) in [5.74, 6) is 0.168. The minimum atomic E-state index is -0.567. The zero-order valence-corrected chi connectivity index (χ0v) is 14.5. The number of carbonyl (C=O) groups excluding carboxylic acids is 1. The maximum atomic E-state index is 12.6. The average molecular weight is 355 g/mol. The summed E-state index contributed by atoms with van der Waals surface area (Å²) >= 11 is 0. The van der Waals surface area contributed by atoms with Crippen molar-refractivity contribution < 1.29 is 23.8 Å².